The molecule has 38 heavy (non-hydrogen) atoms. The molecule has 3 fully saturated rings. The van der Waals surface area contributed by atoms with Crippen molar-refractivity contribution in [1.82, 2.24) is 0 Å². The van der Waals surface area contributed by atoms with Gasteiger partial charge in [-0.25, -0.2) is 4.79 Å². The van der Waals surface area contributed by atoms with Crippen LogP contribution < -0.4 is 4.90 Å². The van der Waals surface area contributed by atoms with Crippen LogP contribution in [-0.4, -0.2) is 41.3 Å². The molecule has 3 saturated carbocycles. The number of carbonyl (C=O) groups is 2. The van der Waals surface area contributed by atoms with E-state index in [4.69, 9.17) is 9.84 Å². The summed E-state index contributed by atoms with van der Waals surface area (Å²) in [6.45, 7) is 11.6. The summed E-state index contributed by atoms with van der Waals surface area (Å²) in [4.78, 5) is 29.9. The molecule has 0 radical (unpaired) electrons. The number of hydrogen-bond acceptors (Lipinski definition) is 5. The topological polar surface area (TPSA) is 87.1 Å². The molecular formula is C31H49NO5S. The molecule has 7 heteroatoms. The van der Waals surface area contributed by atoms with Gasteiger partial charge < -0.3 is 19.8 Å². The van der Waals surface area contributed by atoms with Crippen LogP contribution in [0.25, 0.3) is 0 Å². The fourth-order valence-electron chi connectivity index (χ4n) is 6.36. The van der Waals surface area contributed by atoms with E-state index in [1.807, 2.05) is 4.90 Å². The molecule has 0 aliphatic heterocycles. The van der Waals surface area contributed by atoms with Crippen LogP contribution >= 0.6 is 11.3 Å². The molecule has 0 unspecified atom stereocenters. The van der Waals surface area contributed by atoms with Gasteiger partial charge in [-0.1, -0.05) is 27.4 Å². The maximum Gasteiger partial charge on any atom is 0.348 e. The lowest BCUT2D eigenvalue weighted by Gasteiger charge is -2.39. The molecule has 3 aliphatic rings. The molecule has 0 aromatic carbocycles. The maximum absolute atomic E-state index is 14.0. The number of methoxy groups -OCH3 is 1. The molecule has 3 aliphatic carbocycles. The van der Waals surface area contributed by atoms with Gasteiger partial charge in [-0.15, -0.1) is 11.3 Å². The van der Waals surface area contributed by atoms with Crippen molar-refractivity contribution in [2.75, 3.05) is 12.0 Å². The molecule has 1 aromatic heterocycles. The van der Waals surface area contributed by atoms with E-state index in [-0.39, 0.29) is 29.7 Å². The van der Waals surface area contributed by atoms with Crippen LogP contribution in [0.15, 0.2) is 18.4 Å². The van der Waals surface area contributed by atoms with Gasteiger partial charge in [0.2, 0.25) is 5.91 Å². The predicted octanol–water partition coefficient (Wildman–Crippen LogP) is 8.33. The van der Waals surface area contributed by atoms with Crippen molar-refractivity contribution < 1.29 is 24.5 Å². The quantitative estimate of drug-likeness (QED) is 0.350. The highest BCUT2D eigenvalue weighted by molar-refractivity contribution is 7.14. The zero-order chi connectivity index (χ0) is 28.0. The molecule has 6 nitrogen and oxygen atoms in total. The van der Waals surface area contributed by atoms with Gasteiger partial charge in [-0.2, -0.15) is 0 Å². The van der Waals surface area contributed by atoms with E-state index in [1.165, 1.54) is 18.3 Å². The second-order valence-electron chi connectivity index (χ2n) is 12.7. The Bertz CT molecular complexity index is 939. The van der Waals surface area contributed by atoms with E-state index >= 15 is 0 Å². The number of carboxylic acids is 1. The van der Waals surface area contributed by atoms with Gasteiger partial charge in [0, 0.05) is 23.9 Å². The summed E-state index contributed by atoms with van der Waals surface area (Å²) >= 11 is 1.42. The number of rotatable bonds is 6. The van der Waals surface area contributed by atoms with E-state index in [1.54, 1.807) is 7.11 Å². The smallest absolute Gasteiger partial charge is 0.348 e. The predicted molar refractivity (Wildman–Crippen MR) is 155 cm³/mol. The van der Waals surface area contributed by atoms with Gasteiger partial charge in [0.25, 0.3) is 0 Å². The Morgan fingerprint density at radius 2 is 1.55 bits per heavy atom. The Morgan fingerprint density at radius 1 is 1.00 bits per heavy atom. The van der Waals surface area contributed by atoms with Gasteiger partial charge in [0.05, 0.1) is 17.6 Å². The molecule has 1 amide bonds. The van der Waals surface area contributed by atoms with Gasteiger partial charge in [0.1, 0.15) is 4.88 Å². The number of amides is 1. The van der Waals surface area contributed by atoms with Crippen LogP contribution in [0, 0.1) is 17.3 Å². The monoisotopic (exact) mass is 547 g/mol. The summed E-state index contributed by atoms with van der Waals surface area (Å²) < 4.78 is 5.58. The van der Waals surface area contributed by atoms with Crippen LogP contribution in [0.4, 0.5) is 5.69 Å². The van der Waals surface area contributed by atoms with Gasteiger partial charge in [-0.05, 0) is 107 Å². The van der Waals surface area contributed by atoms with Crippen molar-refractivity contribution in [3.63, 3.8) is 0 Å². The number of aliphatic hydroxyl groups is 1. The molecule has 0 bridgehead atoms. The average Bonchev–Trinajstić information content (AvgIpc) is 3.30. The van der Waals surface area contributed by atoms with Crippen LogP contribution in [0.5, 0.6) is 0 Å². The van der Waals surface area contributed by atoms with E-state index < -0.39 is 5.97 Å². The third-order valence-corrected chi connectivity index (χ3v) is 10.1. The SMILES string of the molecule is C=C(C)O.COC1CCC(N(C(=O)C2CCC(C)CC2)c2cc(C3CCC(C)(C)CC3)sc2C(=O)O)CC1. The fourth-order valence-corrected chi connectivity index (χ4v) is 7.51. The van der Waals surface area contributed by atoms with Crippen molar-refractivity contribution in [3.8, 4) is 0 Å². The summed E-state index contributed by atoms with van der Waals surface area (Å²) in [7, 11) is 1.76. The lowest BCUT2D eigenvalue weighted by Crippen LogP contribution is -2.47. The fraction of sp³-hybridized carbons (Fsp3) is 0.742. The summed E-state index contributed by atoms with van der Waals surface area (Å²) in [5.41, 5.74) is 1.04. The molecule has 4 rings (SSSR count). The molecular weight excluding hydrogens is 498 g/mol. The van der Waals surface area contributed by atoms with Crippen molar-refractivity contribution in [2.24, 2.45) is 17.3 Å². The van der Waals surface area contributed by atoms with Gasteiger partial charge in [-0.3, -0.25) is 4.79 Å². The van der Waals surface area contributed by atoms with Crippen LogP contribution in [0.2, 0.25) is 0 Å². The van der Waals surface area contributed by atoms with E-state index in [0.717, 1.165) is 81.9 Å². The standard InChI is InChI=1S/C28H43NO4S.C3H6O/c1-18-5-7-20(8-6-18)26(30)29(21-9-11-22(33-4)12-10-21)23-17-24(34-25(23)27(31)32)19-13-15-28(2,3)16-14-19;1-3(2)4/h17-22H,5-16H2,1-4H3,(H,31,32);4H,1H2,2H3. The Kier molecular flexibility index (Phi) is 10.9. The second-order valence-corrected chi connectivity index (χ2v) is 13.8. The Hall–Kier alpha value is -1.86. The number of aliphatic hydroxyl groups excluding tert-OH is 1. The number of thiophene rings is 1. The number of hydrogen-bond donors (Lipinski definition) is 2. The first-order valence-corrected chi connectivity index (χ1v) is 15.3. The summed E-state index contributed by atoms with van der Waals surface area (Å²) in [6.07, 6.45) is 12.3. The lowest BCUT2D eigenvalue weighted by molar-refractivity contribution is -0.124. The van der Waals surface area contributed by atoms with Gasteiger partial charge in [0.15, 0.2) is 0 Å². The van der Waals surface area contributed by atoms with E-state index in [9.17, 15) is 14.7 Å². The summed E-state index contributed by atoms with van der Waals surface area (Å²) in [5.74, 6) is 0.512. The number of allylic oxidation sites excluding steroid dienone is 1. The minimum Gasteiger partial charge on any atom is -0.513 e. The van der Waals surface area contributed by atoms with Crippen molar-refractivity contribution in [1.29, 1.82) is 0 Å². The largest absolute Gasteiger partial charge is 0.513 e. The number of aromatic carboxylic acids is 1. The minimum absolute atomic E-state index is 0.0109. The zero-order valence-electron chi connectivity index (χ0n) is 24.1. The van der Waals surface area contributed by atoms with Crippen molar-refractivity contribution in [3.05, 3.63) is 28.2 Å². The Labute approximate surface area is 233 Å². The van der Waals surface area contributed by atoms with Crippen LogP contribution in [-0.2, 0) is 9.53 Å². The third-order valence-electron chi connectivity index (χ3n) is 8.87. The average molecular weight is 548 g/mol. The molecule has 0 spiro atoms. The molecule has 1 heterocycles. The molecule has 1 aromatic rings. The number of nitrogens with zero attached hydrogens (tertiary/aromatic N) is 1. The minimum atomic E-state index is -0.900. The first-order valence-electron chi connectivity index (χ1n) is 14.5. The van der Waals surface area contributed by atoms with Crippen molar-refractivity contribution >= 4 is 28.9 Å². The summed E-state index contributed by atoms with van der Waals surface area (Å²) in [6, 6.07) is 2.15. The highest BCUT2D eigenvalue weighted by atomic mass is 32.1. The van der Waals surface area contributed by atoms with Crippen LogP contribution in [0.3, 0.4) is 0 Å². The summed E-state index contributed by atoms with van der Waals surface area (Å²) in [5, 5.41) is 18.0. The molecule has 2 N–H and O–H groups in total. The first-order chi connectivity index (χ1) is 17.9. The number of carboxylic acid groups (broad SMARTS) is 1. The Balaban J connectivity index is 0.000000934. The Morgan fingerprint density at radius 3 is 2.05 bits per heavy atom. The second kappa shape index (κ2) is 13.5. The van der Waals surface area contributed by atoms with Crippen LogP contribution in [0.1, 0.15) is 125 Å². The molecule has 0 saturated heterocycles. The van der Waals surface area contributed by atoms with Gasteiger partial charge >= 0.3 is 5.97 Å². The lowest BCUT2D eigenvalue weighted by atomic mass is 9.73. The number of carbonyl (C=O) groups excluding carboxylic acids is 1. The van der Waals surface area contributed by atoms with E-state index in [2.05, 4.69) is 33.4 Å². The third kappa shape index (κ3) is 8.08. The highest BCUT2D eigenvalue weighted by Gasteiger charge is 2.38. The zero-order valence-corrected chi connectivity index (χ0v) is 24.9. The van der Waals surface area contributed by atoms with E-state index in [0.29, 0.717) is 27.8 Å². The maximum atomic E-state index is 14.0. The highest BCUT2D eigenvalue weighted by Crippen LogP contribution is 2.47. The first kappa shape index (κ1) is 30.7. The van der Waals surface area contributed by atoms with Crippen molar-refractivity contribution in [2.45, 2.75) is 123 Å². The normalized spacial score (nSPS) is 27.6. The molecule has 214 valence electrons. The number of anilines is 1. The molecule has 0 atom stereocenters. The number of ether oxygens (including phenoxy) is 1.